The van der Waals surface area contributed by atoms with Crippen molar-refractivity contribution < 1.29 is 4.74 Å². The number of hydrogen-bond donors (Lipinski definition) is 0. The number of halogens is 2. The smallest absolute Gasteiger partial charge is 0.131 e. The van der Waals surface area contributed by atoms with Crippen molar-refractivity contribution in [2.24, 2.45) is 0 Å². The van der Waals surface area contributed by atoms with Crippen LogP contribution in [-0.2, 0) is 11.3 Å². The van der Waals surface area contributed by atoms with E-state index in [1.54, 1.807) is 0 Å². The third-order valence-electron chi connectivity index (χ3n) is 3.09. The molecule has 0 aliphatic carbocycles. The van der Waals surface area contributed by atoms with E-state index < -0.39 is 0 Å². The minimum Gasteiger partial charge on any atom is -0.457 e. The van der Waals surface area contributed by atoms with E-state index in [0.717, 1.165) is 21.5 Å². The molecule has 2 aromatic rings. The highest BCUT2D eigenvalue weighted by Gasteiger charge is 2.18. The summed E-state index contributed by atoms with van der Waals surface area (Å²) in [5.74, 6) is 2.19. The molecule has 0 aliphatic rings. The number of rotatable bonds is 3. The highest BCUT2D eigenvalue weighted by molar-refractivity contribution is 9.10. The Morgan fingerprint density at radius 3 is 2.40 bits per heavy atom. The summed E-state index contributed by atoms with van der Waals surface area (Å²) in [6.45, 7) is 6.55. The molecule has 0 amide bonds. The van der Waals surface area contributed by atoms with Crippen LogP contribution in [0.15, 0.2) is 46.9 Å². The lowest BCUT2D eigenvalue weighted by Crippen LogP contribution is -2.12. The molecule has 0 aromatic heterocycles. The van der Waals surface area contributed by atoms with Gasteiger partial charge in [-0.3, -0.25) is 0 Å². The first-order valence-electron chi connectivity index (χ1n) is 6.53. The van der Waals surface area contributed by atoms with Gasteiger partial charge in [0.2, 0.25) is 0 Å². The van der Waals surface area contributed by atoms with Crippen molar-refractivity contribution in [3.8, 4) is 11.5 Å². The highest BCUT2D eigenvalue weighted by Crippen LogP contribution is 2.35. The van der Waals surface area contributed by atoms with Crippen molar-refractivity contribution in [1.29, 1.82) is 0 Å². The van der Waals surface area contributed by atoms with Gasteiger partial charge in [-0.15, -0.1) is 11.6 Å². The van der Waals surface area contributed by atoms with Crippen LogP contribution < -0.4 is 4.74 Å². The largest absolute Gasteiger partial charge is 0.457 e. The van der Waals surface area contributed by atoms with Crippen LogP contribution in [0.3, 0.4) is 0 Å². The van der Waals surface area contributed by atoms with E-state index in [1.165, 1.54) is 5.56 Å². The Morgan fingerprint density at radius 2 is 1.80 bits per heavy atom. The zero-order chi connectivity index (χ0) is 14.8. The van der Waals surface area contributed by atoms with Crippen molar-refractivity contribution >= 4 is 27.5 Å². The molecule has 0 saturated heterocycles. The first-order chi connectivity index (χ1) is 9.41. The molecule has 2 aromatic carbocycles. The highest BCUT2D eigenvalue weighted by atomic mass is 79.9. The number of hydrogen-bond acceptors (Lipinski definition) is 1. The summed E-state index contributed by atoms with van der Waals surface area (Å²) < 4.78 is 7.01. The maximum atomic E-state index is 6.04. The molecule has 0 bridgehead atoms. The number of alkyl halides is 1. The molecule has 0 fully saturated rings. The molecule has 0 heterocycles. The number of benzene rings is 2. The van der Waals surface area contributed by atoms with Crippen molar-refractivity contribution in [3.63, 3.8) is 0 Å². The van der Waals surface area contributed by atoms with Gasteiger partial charge < -0.3 is 4.74 Å². The van der Waals surface area contributed by atoms with Gasteiger partial charge in [0.1, 0.15) is 11.5 Å². The second kappa shape index (κ2) is 6.19. The summed E-state index contributed by atoms with van der Waals surface area (Å²) >= 11 is 9.37. The molecule has 0 spiro atoms. The average Bonchev–Trinajstić information content (AvgIpc) is 2.38. The molecule has 20 heavy (non-hydrogen) atoms. The van der Waals surface area contributed by atoms with Gasteiger partial charge in [0.15, 0.2) is 0 Å². The van der Waals surface area contributed by atoms with Crippen LogP contribution >= 0.6 is 27.5 Å². The standard InChI is InChI=1S/C17H18BrClO/c1-17(2,3)14-6-4-5-7-16(14)20-13-9-8-12(11-19)15(18)10-13/h4-10H,11H2,1-3H3. The number of para-hydroxylation sites is 1. The molecule has 2 rings (SSSR count). The van der Waals surface area contributed by atoms with Crippen molar-refractivity contribution in [1.82, 2.24) is 0 Å². The molecule has 106 valence electrons. The summed E-state index contributed by atoms with van der Waals surface area (Å²) in [4.78, 5) is 0. The first-order valence-corrected chi connectivity index (χ1v) is 7.86. The van der Waals surface area contributed by atoms with Crippen LogP contribution in [0.1, 0.15) is 31.9 Å². The van der Waals surface area contributed by atoms with E-state index in [1.807, 2.05) is 36.4 Å². The molecule has 0 saturated carbocycles. The van der Waals surface area contributed by atoms with Crippen LogP contribution in [0.4, 0.5) is 0 Å². The topological polar surface area (TPSA) is 9.23 Å². The maximum absolute atomic E-state index is 6.04. The van der Waals surface area contributed by atoms with Gasteiger partial charge >= 0.3 is 0 Å². The number of ether oxygens (including phenoxy) is 1. The van der Waals surface area contributed by atoms with Gasteiger partial charge in [-0.25, -0.2) is 0 Å². The fourth-order valence-corrected chi connectivity index (χ4v) is 2.89. The molecular weight excluding hydrogens is 336 g/mol. The molecule has 0 unspecified atom stereocenters. The zero-order valence-electron chi connectivity index (χ0n) is 11.9. The van der Waals surface area contributed by atoms with E-state index in [-0.39, 0.29) is 5.41 Å². The molecule has 0 radical (unpaired) electrons. The van der Waals surface area contributed by atoms with Crippen LogP contribution in [0.2, 0.25) is 0 Å². The molecule has 3 heteroatoms. The van der Waals surface area contributed by atoms with Gasteiger partial charge in [0, 0.05) is 15.9 Å². The minimum absolute atomic E-state index is 0.0455. The van der Waals surface area contributed by atoms with Crippen LogP contribution in [0.25, 0.3) is 0 Å². The van der Waals surface area contributed by atoms with Gasteiger partial charge in [0.25, 0.3) is 0 Å². The Balaban J connectivity index is 2.33. The molecule has 1 nitrogen and oxygen atoms in total. The van der Waals surface area contributed by atoms with E-state index in [2.05, 4.69) is 42.8 Å². The maximum Gasteiger partial charge on any atom is 0.131 e. The predicted octanol–water partition coefficient (Wildman–Crippen LogP) is 6.28. The van der Waals surface area contributed by atoms with E-state index in [0.29, 0.717) is 5.88 Å². The van der Waals surface area contributed by atoms with E-state index in [9.17, 15) is 0 Å². The second-order valence-electron chi connectivity index (χ2n) is 5.74. The lowest BCUT2D eigenvalue weighted by atomic mass is 9.86. The van der Waals surface area contributed by atoms with Gasteiger partial charge in [-0.2, -0.15) is 0 Å². The summed E-state index contributed by atoms with van der Waals surface area (Å²) in [6, 6.07) is 14.0. The SMILES string of the molecule is CC(C)(C)c1ccccc1Oc1ccc(CCl)c(Br)c1. The molecular formula is C17H18BrClO. The van der Waals surface area contributed by atoms with Crippen LogP contribution in [-0.4, -0.2) is 0 Å². The van der Waals surface area contributed by atoms with E-state index >= 15 is 0 Å². The fraction of sp³-hybridized carbons (Fsp3) is 0.294. The Kier molecular flexibility index (Phi) is 4.77. The van der Waals surface area contributed by atoms with Gasteiger partial charge in [-0.1, -0.05) is 61.0 Å². The van der Waals surface area contributed by atoms with Crippen LogP contribution in [0, 0.1) is 0 Å². The Labute approximate surface area is 134 Å². The summed E-state index contributed by atoms with van der Waals surface area (Å²) in [6.07, 6.45) is 0. The predicted molar refractivity (Wildman–Crippen MR) is 88.9 cm³/mol. The molecule has 0 aliphatic heterocycles. The quantitative estimate of drug-likeness (QED) is 0.590. The third-order valence-corrected chi connectivity index (χ3v) is 4.12. The Morgan fingerprint density at radius 1 is 1.10 bits per heavy atom. The Bertz CT molecular complexity index is 602. The van der Waals surface area contributed by atoms with E-state index in [4.69, 9.17) is 16.3 Å². The van der Waals surface area contributed by atoms with Crippen molar-refractivity contribution in [2.75, 3.05) is 0 Å². The monoisotopic (exact) mass is 352 g/mol. The van der Waals surface area contributed by atoms with Crippen LogP contribution in [0.5, 0.6) is 11.5 Å². The lowest BCUT2D eigenvalue weighted by molar-refractivity contribution is 0.455. The normalized spacial score (nSPS) is 11.4. The summed E-state index contributed by atoms with van der Waals surface area (Å²) in [5, 5.41) is 0. The Hall–Kier alpha value is -0.990. The van der Waals surface area contributed by atoms with Crippen molar-refractivity contribution in [2.45, 2.75) is 32.1 Å². The summed E-state index contributed by atoms with van der Waals surface area (Å²) in [7, 11) is 0. The zero-order valence-corrected chi connectivity index (χ0v) is 14.3. The fourth-order valence-electron chi connectivity index (χ4n) is 2.00. The van der Waals surface area contributed by atoms with Crippen molar-refractivity contribution in [3.05, 3.63) is 58.1 Å². The second-order valence-corrected chi connectivity index (χ2v) is 6.86. The third kappa shape index (κ3) is 3.56. The van der Waals surface area contributed by atoms with Gasteiger partial charge in [-0.05, 0) is 29.2 Å². The molecule has 0 atom stereocenters. The average molecular weight is 354 g/mol. The minimum atomic E-state index is 0.0455. The molecule has 0 N–H and O–H groups in total. The summed E-state index contributed by atoms with van der Waals surface area (Å²) in [5.41, 5.74) is 2.30. The first kappa shape index (κ1) is 15.4. The lowest BCUT2D eigenvalue weighted by Gasteiger charge is -2.22. The van der Waals surface area contributed by atoms with Gasteiger partial charge in [0.05, 0.1) is 0 Å².